The highest BCUT2D eigenvalue weighted by Crippen LogP contribution is 2.19. The molecule has 0 aliphatic rings. The van der Waals surface area contributed by atoms with Crippen molar-refractivity contribution in [1.82, 2.24) is 5.32 Å². The molecule has 0 aromatic carbocycles. The summed E-state index contributed by atoms with van der Waals surface area (Å²) in [5.74, 6) is -0.0415. The van der Waals surface area contributed by atoms with Gasteiger partial charge in [-0.3, -0.25) is 9.59 Å². The number of rotatable bonds is 72. The molecule has 2 atom stereocenters. The van der Waals surface area contributed by atoms with Crippen molar-refractivity contribution in [2.45, 2.75) is 443 Å². The van der Waals surface area contributed by atoms with Crippen LogP contribution in [0.25, 0.3) is 0 Å². The van der Waals surface area contributed by atoms with E-state index in [2.05, 4.69) is 31.3 Å². The molecule has 83 heavy (non-hydrogen) atoms. The van der Waals surface area contributed by atoms with E-state index in [1.54, 1.807) is 6.08 Å². The first-order chi connectivity index (χ1) is 41.0. The minimum Gasteiger partial charge on any atom is -0.466 e. The molecule has 6 heteroatoms. The average molecular weight is 1170 g/mol. The van der Waals surface area contributed by atoms with Crippen LogP contribution in [0.4, 0.5) is 0 Å². The Labute approximate surface area is 520 Å². The third-order valence-corrected chi connectivity index (χ3v) is 18.0. The number of esters is 1. The molecule has 3 N–H and O–H groups in total. The molecule has 0 aliphatic carbocycles. The van der Waals surface area contributed by atoms with Gasteiger partial charge in [-0.15, -0.1) is 0 Å². The van der Waals surface area contributed by atoms with Crippen LogP contribution in [0.2, 0.25) is 0 Å². The number of unbranched alkanes of at least 4 members (excludes halogenated alkanes) is 59. The molecular weight excluding hydrogens is 1020 g/mol. The minimum atomic E-state index is -0.844. The summed E-state index contributed by atoms with van der Waals surface area (Å²) in [4.78, 5) is 24.6. The van der Waals surface area contributed by atoms with Gasteiger partial charge in [0, 0.05) is 12.8 Å². The van der Waals surface area contributed by atoms with Gasteiger partial charge in [0.05, 0.1) is 25.4 Å². The lowest BCUT2D eigenvalue weighted by Crippen LogP contribution is -2.45. The van der Waals surface area contributed by atoms with Gasteiger partial charge in [-0.25, -0.2) is 0 Å². The SMILES string of the molecule is CCCCCCCCCCCCCCCCCCC/C=C/C(O)C(CO)NC(=O)CCCCCCCCCCCCCCC/C=C\CCCCCCCCCCCCCCOC(=O)CCCCCCCCCCCCCCCCCCCC. The molecule has 2 unspecified atom stereocenters. The highest BCUT2D eigenvalue weighted by atomic mass is 16.5. The number of carbonyl (C=O) groups excluding carboxylic acids is 2. The Balaban J connectivity index is 3.37. The van der Waals surface area contributed by atoms with E-state index in [-0.39, 0.29) is 18.5 Å². The van der Waals surface area contributed by atoms with Crippen LogP contribution in [0.3, 0.4) is 0 Å². The van der Waals surface area contributed by atoms with Gasteiger partial charge in [-0.2, -0.15) is 0 Å². The van der Waals surface area contributed by atoms with Crippen molar-refractivity contribution in [2.24, 2.45) is 0 Å². The first kappa shape index (κ1) is 81.3. The van der Waals surface area contributed by atoms with Gasteiger partial charge in [0.1, 0.15) is 0 Å². The second-order valence-electron chi connectivity index (χ2n) is 26.3. The van der Waals surface area contributed by atoms with Crippen LogP contribution >= 0.6 is 0 Å². The molecule has 0 saturated heterocycles. The van der Waals surface area contributed by atoms with E-state index in [0.717, 1.165) is 38.5 Å². The van der Waals surface area contributed by atoms with Crippen molar-refractivity contribution in [2.75, 3.05) is 13.2 Å². The number of nitrogens with one attached hydrogen (secondary N) is 1. The fourth-order valence-corrected chi connectivity index (χ4v) is 12.2. The van der Waals surface area contributed by atoms with Crippen molar-refractivity contribution in [1.29, 1.82) is 0 Å². The third-order valence-electron chi connectivity index (χ3n) is 18.0. The lowest BCUT2D eigenvalue weighted by atomic mass is 10.0. The van der Waals surface area contributed by atoms with Crippen LogP contribution in [0, 0.1) is 0 Å². The molecule has 0 fully saturated rings. The molecule has 0 bridgehead atoms. The predicted octanol–water partition coefficient (Wildman–Crippen LogP) is 24.9. The van der Waals surface area contributed by atoms with Crippen LogP contribution in [-0.4, -0.2) is 47.4 Å². The minimum absolute atomic E-state index is 0.0215. The summed E-state index contributed by atoms with van der Waals surface area (Å²) in [5, 5.41) is 23.2. The highest BCUT2D eigenvalue weighted by Gasteiger charge is 2.18. The molecule has 0 saturated carbocycles. The average Bonchev–Trinajstić information content (AvgIpc) is 3.49. The van der Waals surface area contributed by atoms with Gasteiger partial charge in [0.15, 0.2) is 0 Å². The first-order valence-electron chi connectivity index (χ1n) is 38.1. The number of aliphatic hydroxyl groups is 2. The van der Waals surface area contributed by atoms with Crippen molar-refractivity contribution in [3.63, 3.8) is 0 Å². The number of amides is 1. The van der Waals surface area contributed by atoms with Crippen molar-refractivity contribution in [3.05, 3.63) is 24.3 Å². The zero-order chi connectivity index (χ0) is 59.9. The van der Waals surface area contributed by atoms with Gasteiger partial charge in [0.2, 0.25) is 5.91 Å². The fourth-order valence-electron chi connectivity index (χ4n) is 12.2. The molecule has 0 spiro atoms. The Hall–Kier alpha value is -1.66. The van der Waals surface area contributed by atoms with Gasteiger partial charge >= 0.3 is 5.97 Å². The van der Waals surface area contributed by atoms with Crippen LogP contribution < -0.4 is 5.32 Å². The van der Waals surface area contributed by atoms with Crippen LogP contribution in [0.15, 0.2) is 24.3 Å². The quantitative estimate of drug-likeness (QED) is 0.0320. The monoisotopic (exact) mass is 1170 g/mol. The Kier molecular flexibility index (Phi) is 71.4. The summed E-state index contributed by atoms with van der Waals surface area (Å²) < 4.78 is 5.51. The molecule has 0 heterocycles. The summed E-state index contributed by atoms with van der Waals surface area (Å²) >= 11 is 0. The van der Waals surface area contributed by atoms with Gasteiger partial charge in [0.25, 0.3) is 0 Å². The first-order valence-corrected chi connectivity index (χ1v) is 38.1. The Morgan fingerprint density at radius 3 is 0.855 bits per heavy atom. The number of carbonyl (C=O) groups is 2. The molecule has 0 radical (unpaired) electrons. The van der Waals surface area contributed by atoms with Gasteiger partial charge in [-0.05, 0) is 57.8 Å². The molecule has 6 nitrogen and oxygen atoms in total. The molecule has 0 rings (SSSR count). The Bertz CT molecular complexity index is 1300. The summed E-state index contributed by atoms with van der Waals surface area (Å²) in [6.45, 7) is 4.96. The van der Waals surface area contributed by atoms with Crippen LogP contribution in [0.5, 0.6) is 0 Å². The molecular formula is C77H149NO5. The topological polar surface area (TPSA) is 95.9 Å². The standard InChI is InChI=1S/C77H149NO5/c1-3-5-7-9-11-13-15-17-19-21-34-37-41-45-49-53-57-61-65-69-75(80)74(73-79)78-76(81)70-66-62-58-54-50-46-42-38-35-32-30-28-26-24-23-25-27-29-31-33-36-40-44-48-52-56-60-64-68-72-83-77(82)71-67-63-59-55-51-47-43-39-22-20-18-16-14-12-10-8-6-4-2/h23,25,65,69,74-75,79-80H,3-22,24,26-64,66-68,70-73H2,1-2H3,(H,78,81)/b25-23-,69-65+. The highest BCUT2D eigenvalue weighted by molar-refractivity contribution is 5.76. The second kappa shape index (κ2) is 72.8. The van der Waals surface area contributed by atoms with E-state index < -0.39 is 12.1 Å². The van der Waals surface area contributed by atoms with E-state index in [1.807, 2.05) is 6.08 Å². The van der Waals surface area contributed by atoms with Gasteiger partial charge in [-0.1, -0.05) is 385 Å². The maximum Gasteiger partial charge on any atom is 0.305 e. The normalized spacial score (nSPS) is 12.6. The second-order valence-corrected chi connectivity index (χ2v) is 26.3. The Morgan fingerprint density at radius 1 is 0.325 bits per heavy atom. The van der Waals surface area contributed by atoms with Gasteiger partial charge < -0.3 is 20.3 Å². The molecule has 492 valence electrons. The number of hydrogen-bond acceptors (Lipinski definition) is 5. The van der Waals surface area contributed by atoms with E-state index in [9.17, 15) is 19.8 Å². The lowest BCUT2D eigenvalue weighted by Gasteiger charge is -2.20. The lowest BCUT2D eigenvalue weighted by molar-refractivity contribution is -0.143. The Morgan fingerprint density at radius 2 is 0.566 bits per heavy atom. The van der Waals surface area contributed by atoms with Crippen LogP contribution in [-0.2, 0) is 14.3 Å². The van der Waals surface area contributed by atoms with E-state index in [1.165, 1.54) is 366 Å². The summed E-state index contributed by atoms with van der Waals surface area (Å²) in [5.41, 5.74) is 0. The maximum atomic E-state index is 12.5. The third kappa shape index (κ3) is 69.3. The fraction of sp³-hybridized carbons (Fsp3) is 0.922. The summed E-state index contributed by atoms with van der Waals surface area (Å²) in [6, 6.07) is -0.628. The molecule has 0 aliphatic heterocycles. The molecule has 0 aromatic heterocycles. The van der Waals surface area contributed by atoms with E-state index in [0.29, 0.717) is 19.4 Å². The number of ether oxygens (including phenoxy) is 1. The number of allylic oxidation sites excluding steroid dienone is 3. The summed E-state index contributed by atoms with van der Waals surface area (Å²) in [6.07, 6.45) is 92.8. The number of hydrogen-bond donors (Lipinski definition) is 3. The molecule has 1 amide bonds. The molecule has 0 aromatic rings. The van der Waals surface area contributed by atoms with Crippen molar-refractivity contribution in [3.8, 4) is 0 Å². The predicted molar refractivity (Wildman–Crippen MR) is 366 cm³/mol. The largest absolute Gasteiger partial charge is 0.466 e. The zero-order valence-corrected chi connectivity index (χ0v) is 56.5. The van der Waals surface area contributed by atoms with Crippen molar-refractivity contribution >= 4 is 11.9 Å². The van der Waals surface area contributed by atoms with E-state index in [4.69, 9.17) is 4.74 Å². The van der Waals surface area contributed by atoms with Crippen LogP contribution in [0.1, 0.15) is 431 Å². The van der Waals surface area contributed by atoms with E-state index >= 15 is 0 Å². The smallest absolute Gasteiger partial charge is 0.305 e. The zero-order valence-electron chi connectivity index (χ0n) is 56.5. The summed E-state index contributed by atoms with van der Waals surface area (Å²) in [7, 11) is 0. The maximum absolute atomic E-state index is 12.5. The van der Waals surface area contributed by atoms with Crippen molar-refractivity contribution < 1.29 is 24.5 Å². The number of aliphatic hydroxyl groups excluding tert-OH is 2.